The van der Waals surface area contributed by atoms with Crippen LogP contribution in [0.5, 0.6) is 0 Å². The van der Waals surface area contributed by atoms with E-state index < -0.39 is 95.8 Å². The summed E-state index contributed by atoms with van der Waals surface area (Å²) >= 11 is 2.55. The van der Waals surface area contributed by atoms with Gasteiger partial charge in [0.15, 0.2) is 0 Å². The van der Waals surface area contributed by atoms with Crippen LogP contribution in [-0.2, 0) is 79.8 Å². The van der Waals surface area contributed by atoms with Crippen LogP contribution in [0.2, 0.25) is 0 Å². The predicted octanol–water partition coefficient (Wildman–Crippen LogP) is 0.113. The molecule has 0 bridgehead atoms. The number of imide groups is 4. The Balaban J connectivity index is 1.32. The number of rotatable bonds is 32. The minimum absolute atomic E-state index is 0.00418. The van der Waals surface area contributed by atoms with Gasteiger partial charge in [-0.1, -0.05) is 24.3 Å². The Hall–Kier alpha value is -7.56. The zero-order chi connectivity index (χ0) is 58.0. The van der Waals surface area contributed by atoms with Gasteiger partial charge in [0.25, 0.3) is 11.8 Å². The first kappa shape index (κ1) is 64.0. The van der Waals surface area contributed by atoms with Gasteiger partial charge in [-0.05, 0) is 68.2 Å². The maximum Gasteiger partial charge on any atom is 0.325 e. The zero-order valence-electron chi connectivity index (χ0n) is 44.2. The van der Waals surface area contributed by atoms with Gasteiger partial charge >= 0.3 is 12.1 Å². The monoisotopic (exact) mass is 1140 g/mol. The lowest BCUT2D eigenvalue weighted by Gasteiger charge is -2.19. The number of hydrogen-bond acceptors (Lipinski definition) is 18. The molecule has 8 N–H and O–H groups in total. The summed E-state index contributed by atoms with van der Waals surface area (Å²) in [5, 5.41) is 18.0. The van der Waals surface area contributed by atoms with E-state index in [2.05, 4.69) is 42.5 Å². The highest BCUT2D eigenvalue weighted by Gasteiger charge is 2.39. The summed E-state index contributed by atoms with van der Waals surface area (Å²) in [5.41, 5.74) is 1.88. The van der Waals surface area contributed by atoms with Gasteiger partial charge in [-0.2, -0.15) is 23.5 Å². The fourth-order valence-electron chi connectivity index (χ4n) is 7.77. The van der Waals surface area contributed by atoms with Crippen molar-refractivity contribution in [2.75, 3.05) is 75.8 Å². The molecule has 4 unspecified atom stereocenters. The Kier molecular flexibility index (Phi) is 26.7. The highest BCUT2D eigenvalue weighted by molar-refractivity contribution is 8.00. The molecular weight excluding hydrogens is 1070 g/mol. The lowest BCUT2D eigenvalue weighted by atomic mass is 10.1. The number of carbonyl (C=O) groups excluding carboxylic acids is 14. The molecule has 2 heterocycles. The molecule has 2 aromatic carbocycles. The number of Topliss-reactive ketones (excluding diaryl/α,β-unsaturated/α-hetero) is 2. The molecule has 4 atom stereocenters. The van der Waals surface area contributed by atoms with E-state index in [9.17, 15) is 67.1 Å². The van der Waals surface area contributed by atoms with E-state index in [0.29, 0.717) is 11.1 Å². The summed E-state index contributed by atoms with van der Waals surface area (Å²) < 4.78 is 11.0. The van der Waals surface area contributed by atoms with Crippen molar-refractivity contribution in [3.05, 3.63) is 59.7 Å². The molecule has 428 valence electrons. The molecule has 2 aromatic rings. The van der Waals surface area contributed by atoms with Crippen molar-refractivity contribution < 1.29 is 76.6 Å². The summed E-state index contributed by atoms with van der Waals surface area (Å²) in [6, 6.07) is 7.13. The molecule has 4 rings (SSSR count). The van der Waals surface area contributed by atoms with Gasteiger partial charge < -0.3 is 41.4 Å². The van der Waals surface area contributed by atoms with Crippen LogP contribution in [0.15, 0.2) is 48.5 Å². The van der Waals surface area contributed by atoms with Crippen LogP contribution in [0.4, 0.5) is 21.0 Å². The van der Waals surface area contributed by atoms with E-state index in [1.165, 1.54) is 61.6 Å². The Morgan fingerprint density at radius 1 is 0.544 bits per heavy atom. The number of carbonyl (C=O) groups is 14. The van der Waals surface area contributed by atoms with Crippen LogP contribution in [0.3, 0.4) is 0 Å². The number of amides is 14. The Morgan fingerprint density at radius 2 is 0.911 bits per heavy atom. The topological polar surface area (TPSA) is 360 Å². The number of thioether (sulfide) groups is 2. The van der Waals surface area contributed by atoms with Crippen LogP contribution < -0.4 is 42.5 Å². The summed E-state index contributed by atoms with van der Waals surface area (Å²) in [7, 11) is 0. The smallest absolute Gasteiger partial charge is 0.325 e. The van der Waals surface area contributed by atoms with Crippen LogP contribution >= 0.6 is 23.5 Å². The average molecular weight is 1140 g/mol. The largest absolute Gasteiger partial charge is 0.378 e. The molecule has 2 aliphatic rings. The van der Waals surface area contributed by atoms with Gasteiger partial charge in [-0.25, -0.2) is 9.59 Å². The van der Waals surface area contributed by atoms with Crippen LogP contribution in [-0.4, -0.2) is 180 Å². The molecular formula is C51H66N10O16S2. The van der Waals surface area contributed by atoms with Gasteiger partial charge in [-0.3, -0.25) is 78.0 Å². The number of nitrogens with one attached hydrogen (secondary N) is 8. The van der Waals surface area contributed by atoms with E-state index in [1.807, 2.05) is 0 Å². The first-order chi connectivity index (χ1) is 37.6. The second kappa shape index (κ2) is 33.0. The van der Waals surface area contributed by atoms with Crippen molar-refractivity contribution in [3.63, 3.8) is 0 Å². The maximum atomic E-state index is 13.4. The van der Waals surface area contributed by atoms with Crippen molar-refractivity contribution in [1.82, 2.24) is 41.7 Å². The number of anilines is 2. The number of nitrogens with zero attached hydrogens (tertiary/aromatic N) is 2. The van der Waals surface area contributed by atoms with Crippen molar-refractivity contribution in [1.29, 1.82) is 0 Å². The van der Waals surface area contributed by atoms with E-state index >= 15 is 0 Å². The molecule has 79 heavy (non-hydrogen) atoms. The van der Waals surface area contributed by atoms with Crippen molar-refractivity contribution in [2.24, 2.45) is 0 Å². The first-order valence-corrected chi connectivity index (χ1v) is 27.7. The van der Waals surface area contributed by atoms with Gasteiger partial charge in [0.2, 0.25) is 47.3 Å². The summed E-state index contributed by atoms with van der Waals surface area (Å²) in [6.45, 7) is 2.63. The molecule has 14 amide bonds. The number of urea groups is 2. The van der Waals surface area contributed by atoms with E-state index in [1.54, 1.807) is 36.8 Å². The normalized spacial score (nSPS) is 15.6. The second-order valence-electron chi connectivity index (χ2n) is 18.1. The minimum atomic E-state index is -1.63. The third-order valence-corrected chi connectivity index (χ3v) is 13.6. The summed E-state index contributed by atoms with van der Waals surface area (Å²) in [5.74, 6) is -6.71. The lowest BCUT2D eigenvalue weighted by Crippen LogP contribution is -2.51. The quantitative estimate of drug-likeness (QED) is 0.0356. The van der Waals surface area contributed by atoms with Crippen LogP contribution in [0, 0.1) is 0 Å². The zero-order valence-corrected chi connectivity index (χ0v) is 45.8. The number of hydrogen-bond donors (Lipinski definition) is 8. The second-order valence-corrected chi connectivity index (χ2v) is 20.2. The summed E-state index contributed by atoms with van der Waals surface area (Å²) in [6.07, 6.45) is 1.61. The third-order valence-electron chi connectivity index (χ3n) is 11.7. The Morgan fingerprint density at radius 3 is 1.24 bits per heavy atom. The molecule has 26 nitrogen and oxygen atoms in total. The predicted molar refractivity (Wildman–Crippen MR) is 288 cm³/mol. The molecule has 0 aliphatic carbocycles. The van der Waals surface area contributed by atoms with Gasteiger partial charge in [0.05, 0.1) is 62.9 Å². The Bertz CT molecular complexity index is 2410. The standard InChI is InChI=1S/C51H66N10O16S2/c1-30(62)24-32-8-12-34(13-9-32)54-50(74)58-46(70)36(26-42(66)52-16-20-76-22-18-60-44(68)28-38(78-3)48(60)72)56-40(64)6-5-7-41(65)57-37(47(71)59-51(75)55-35-14-10-33(11-15-35)25-31(2)63)27-43(67)53-17-21-77-23-19-61-45(69)29-39(79-4)49(61)73/h8-15,36-39H,5-7,16-29H2,1-4H3,(H,52,66)(H,53,67)(H,56,64)(H,57,65)(H2,54,58,70,74)(H2,55,59,71,75). The third kappa shape index (κ3) is 22.7. The van der Waals surface area contributed by atoms with Crippen LogP contribution in [0.25, 0.3) is 0 Å². The fourth-order valence-corrected chi connectivity index (χ4v) is 9.05. The van der Waals surface area contributed by atoms with E-state index in [0.717, 1.165) is 9.80 Å². The number of ketones is 2. The molecule has 28 heteroatoms. The van der Waals surface area contributed by atoms with Crippen molar-refractivity contribution in [3.8, 4) is 0 Å². The van der Waals surface area contributed by atoms with Gasteiger partial charge in [0.1, 0.15) is 23.7 Å². The molecule has 0 spiro atoms. The molecule has 0 aromatic heterocycles. The summed E-state index contributed by atoms with van der Waals surface area (Å²) in [4.78, 5) is 179. The minimum Gasteiger partial charge on any atom is -0.378 e. The number of ether oxygens (including phenoxy) is 2. The van der Waals surface area contributed by atoms with Gasteiger partial charge in [-0.15, -0.1) is 0 Å². The lowest BCUT2D eigenvalue weighted by molar-refractivity contribution is -0.140. The van der Waals surface area contributed by atoms with E-state index in [4.69, 9.17) is 9.47 Å². The van der Waals surface area contributed by atoms with Crippen molar-refractivity contribution >= 4 is 118 Å². The average Bonchev–Trinajstić information content (AvgIpc) is 3.83. The number of likely N-dealkylation sites (tertiary alicyclic amines) is 2. The Labute approximate surface area is 463 Å². The first-order valence-electron chi connectivity index (χ1n) is 25.1. The molecule has 2 saturated heterocycles. The van der Waals surface area contributed by atoms with Gasteiger partial charge in [0, 0.05) is 63.0 Å². The fraction of sp³-hybridized carbons (Fsp3) is 0.490. The highest BCUT2D eigenvalue weighted by Crippen LogP contribution is 2.24. The van der Waals surface area contributed by atoms with Crippen molar-refractivity contribution in [2.45, 2.75) is 94.2 Å². The number of benzene rings is 2. The molecule has 2 fully saturated rings. The van der Waals surface area contributed by atoms with Crippen LogP contribution in [0.1, 0.15) is 69.9 Å². The van der Waals surface area contributed by atoms with E-state index in [-0.39, 0.29) is 131 Å². The molecule has 2 aliphatic heterocycles. The highest BCUT2D eigenvalue weighted by atomic mass is 32.2. The SMILES string of the molecule is CSC1CC(=O)N(CCOCCNC(=O)CC(NC(=O)CCCC(=O)NC(CC(=O)NCCOCCN2C(=O)CC(SC)C2=O)C(=O)NC(=O)Nc2ccc(CC(C)=O)cc2)C(=O)NC(=O)Nc2ccc(CC(C)=O)cc2)C1=O. The molecule has 0 radical (unpaired) electrons. The maximum absolute atomic E-state index is 13.4. The molecule has 0 saturated carbocycles.